The van der Waals surface area contributed by atoms with Gasteiger partial charge in [-0.2, -0.15) is 0 Å². The number of carbonyl (C=O) groups excluding carboxylic acids is 1. The largest absolute Gasteiger partial charge is 0 e. The van der Waals surface area contributed by atoms with Gasteiger partial charge in [-0.15, -0.1) is 0 Å². The number of rotatable bonds is 3. The molecule has 0 unspecified atom stereocenters. The molecular formula is C35H24N3O5Re-. The molecule has 0 aliphatic heterocycles. The fourth-order valence-corrected chi connectivity index (χ4v) is 4.43. The Morgan fingerprint density at radius 3 is 1.30 bits per heavy atom. The van der Waals surface area contributed by atoms with Crippen molar-refractivity contribution in [1.29, 1.82) is 0 Å². The van der Waals surface area contributed by atoms with Gasteiger partial charge in [0.1, 0.15) is 0 Å². The Morgan fingerprint density at radius 2 is 0.977 bits per heavy atom. The summed E-state index contributed by atoms with van der Waals surface area (Å²) in [5.74, 6) is -1.17. The first-order valence-electron chi connectivity index (χ1n) is 12.6. The average Bonchev–Trinajstić information content (AvgIpc) is 3.08. The van der Waals surface area contributed by atoms with Crippen LogP contribution in [0.5, 0.6) is 0 Å². The van der Waals surface area contributed by atoms with Crippen LogP contribution in [0.4, 0.5) is 0 Å². The third-order valence-corrected chi connectivity index (χ3v) is 6.10. The predicted molar refractivity (Wildman–Crippen MR) is 158 cm³/mol. The summed E-state index contributed by atoms with van der Waals surface area (Å²) in [6.07, 6.45) is 2.82. The number of aromatic carboxylic acids is 1. The van der Waals surface area contributed by atoms with Crippen LogP contribution >= 0.6 is 0 Å². The van der Waals surface area contributed by atoms with Crippen LogP contribution in [0.15, 0.2) is 109 Å². The molecule has 0 spiro atoms. The van der Waals surface area contributed by atoms with Crippen molar-refractivity contribution in [3.8, 4) is 22.3 Å². The summed E-state index contributed by atoms with van der Waals surface area (Å²) in [5.41, 5.74) is 8.91. The first-order chi connectivity index (χ1) is 21.0. The molecule has 0 aliphatic carbocycles. The minimum Gasteiger partial charge on any atom is 0 e. The van der Waals surface area contributed by atoms with E-state index in [4.69, 9.17) is 23.9 Å². The molecule has 3 aromatic carbocycles. The van der Waals surface area contributed by atoms with Gasteiger partial charge < -0.3 is 9.90 Å². The van der Waals surface area contributed by atoms with E-state index in [0.29, 0.717) is 0 Å². The molecule has 8 nitrogen and oxygen atoms in total. The van der Waals surface area contributed by atoms with Gasteiger partial charge >= 0.3 is 33.9 Å². The molecule has 44 heavy (non-hydrogen) atoms. The van der Waals surface area contributed by atoms with Crippen molar-refractivity contribution >= 4 is 27.8 Å². The zero-order valence-electron chi connectivity index (χ0n) is 23.7. The van der Waals surface area contributed by atoms with Crippen LogP contribution in [0.3, 0.4) is 0 Å². The molecule has 0 aliphatic rings. The monoisotopic (exact) mass is 753 g/mol. The Morgan fingerprint density at radius 1 is 0.614 bits per heavy atom. The van der Waals surface area contributed by atoms with E-state index in [1.54, 1.807) is 0 Å². The molecule has 6 aromatic rings. The summed E-state index contributed by atoms with van der Waals surface area (Å²) in [4.78, 5) is 23.5. The first-order valence-corrected chi connectivity index (χ1v) is 12.6. The van der Waals surface area contributed by atoms with Crippen LogP contribution in [-0.2, 0) is 34.4 Å². The van der Waals surface area contributed by atoms with E-state index in [9.17, 15) is 9.90 Å². The Hall–Kier alpha value is -5.02. The SMILES string of the molecule is Cc1cc(-c2ccccc2)c2ccc3c(-c4ccccc4)cc(C)nc3c2n1.O=C([O-])c1ccncc1.[C-]#[O+].[C-]#[O+].[C-]#[O+].[Re]. The maximum Gasteiger partial charge on any atom is 0 e. The average molecular weight is 753 g/mol. The standard InChI is InChI=1S/C26H20N2.C6H5NO2.3CO.Re/c1-17-15-23(19-9-5-3-6-10-19)21-13-14-22-24(20-11-7-4-8-12-20)16-18(2)28-26(22)25(21)27-17;8-6(9)5-1-3-7-4-2-5;3*1-2;/h3-16H,1-2H3;1-4H,(H,8,9);;;;/p-1. The Bertz CT molecular complexity index is 1740. The maximum absolute atomic E-state index is 10.1. The smallest absolute Gasteiger partial charge is 0 e. The van der Waals surface area contributed by atoms with Crippen LogP contribution < -0.4 is 5.11 Å². The van der Waals surface area contributed by atoms with Gasteiger partial charge in [0.05, 0.1) is 17.0 Å². The van der Waals surface area contributed by atoms with Gasteiger partial charge in [-0.3, -0.25) is 15.0 Å². The van der Waals surface area contributed by atoms with Crippen molar-refractivity contribution in [1.82, 2.24) is 15.0 Å². The number of aryl methyl sites for hydroxylation is 2. The zero-order valence-corrected chi connectivity index (χ0v) is 26.4. The van der Waals surface area contributed by atoms with Gasteiger partial charge in [0, 0.05) is 60.5 Å². The minimum atomic E-state index is -1.17. The number of carboxylic acid groups (broad SMARTS) is 1. The second-order valence-corrected chi connectivity index (χ2v) is 8.74. The van der Waals surface area contributed by atoms with Crippen molar-refractivity contribution in [2.24, 2.45) is 0 Å². The molecule has 0 fully saturated rings. The normalized spacial score (nSPS) is 9.09. The van der Waals surface area contributed by atoms with Crippen molar-refractivity contribution < 1.29 is 44.3 Å². The molecular weight excluding hydrogens is 729 g/mol. The summed E-state index contributed by atoms with van der Waals surface area (Å²) < 4.78 is 22.5. The number of benzene rings is 3. The number of hydrogen-bond donors (Lipinski definition) is 0. The van der Waals surface area contributed by atoms with E-state index in [-0.39, 0.29) is 26.0 Å². The number of carbonyl (C=O) groups is 1. The van der Waals surface area contributed by atoms with E-state index >= 15 is 0 Å². The summed E-state index contributed by atoms with van der Waals surface area (Å²) in [5, 5.41) is 12.3. The molecule has 0 atom stereocenters. The molecule has 0 N–H and O–H groups in total. The minimum absolute atomic E-state index is 0. The van der Waals surface area contributed by atoms with E-state index in [2.05, 4.69) is 112 Å². The van der Waals surface area contributed by atoms with Crippen LogP contribution in [0.25, 0.3) is 44.1 Å². The fraction of sp³-hybridized carbons (Fsp3) is 0.0571. The summed E-state index contributed by atoms with van der Waals surface area (Å²) in [6.45, 7) is 17.6. The second kappa shape index (κ2) is 19.2. The maximum atomic E-state index is 10.1. The van der Waals surface area contributed by atoms with Crippen molar-refractivity contribution in [2.45, 2.75) is 13.8 Å². The molecule has 9 heteroatoms. The van der Waals surface area contributed by atoms with Crippen molar-refractivity contribution in [3.63, 3.8) is 0 Å². The molecule has 1 radical (unpaired) electrons. The molecule has 3 heterocycles. The number of hydrogen-bond acceptors (Lipinski definition) is 5. The second-order valence-electron chi connectivity index (χ2n) is 8.74. The number of carboxylic acids is 1. The van der Waals surface area contributed by atoms with Gasteiger partial charge in [-0.05, 0) is 60.4 Å². The zero-order chi connectivity index (χ0) is 31.8. The topological polar surface area (TPSA) is 138 Å². The summed E-state index contributed by atoms with van der Waals surface area (Å²) >= 11 is 0. The molecule has 0 bridgehead atoms. The summed E-state index contributed by atoms with van der Waals surface area (Å²) in [6, 6.07) is 32.5. The van der Waals surface area contributed by atoms with E-state index in [1.807, 2.05) is 12.1 Å². The van der Waals surface area contributed by atoms with E-state index < -0.39 is 5.97 Å². The predicted octanol–water partition coefficient (Wildman–Crippen LogP) is 6.06. The van der Waals surface area contributed by atoms with Gasteiger partial charge in [0.25, 0.3) is 0 Å². The molecule has 0 saturated carbocycles. The number of pyridine rings is 3. The van der Waals surface area contributed by atoms with Gasteiger partial charge in [-0.1, -0.05) is 72.8 Å². The van der Waals surface area contributed by atoms with Crippen LogP contribution in [0, 0.1) is 33.8 Å². The van der Waals surface area contributed by atoms with Crippen molar-refractivity contribution in [2.75, 3.05) is 0 Å². The van der Waals surface area contributed by atoms with Crippen LogP contribution in [0.1, 0.15) is 21.7 Å². The van der Waals surface area contributed by atoms with Crippen LogP contribution in [0.2, 0.25) is 0 Å². The van der Waals surface area contributed by atoms with Gasteiger partial charge in [-0.25, -0.2) is 0 Å². The molecule has 217 valence electrons. The van der Waals surface area contributed by atoms with Crippen molar-refractivity contribution in [3.05, 3.63) is 146 Å². The fourth-order valence-electron chi connectivity index (χ4n) is 4.43. The Kier molecular flexibility index (Phi) is 16.2. The Balaban J connectivity index is 0.000000512. The Labute approximate surface area is 268 Å². The molecule has 6 rings (SSSR count). The first kappa shape index (κ1) is 37.0. The van der Waals surface area contributed by atoms with E-state index in [1.165, 1.54) is 46.8 Å². The third-order valence-electron chi connectivity index (χ3n) is 6.10. The molecule has 0 saturated heterocycles. The molecule has 0 amide bonds. The number of nitrogens with zero attached hydrogens (tertiary/aromatic N) is 3. The molecule has 3 aromatic heterocycles. The van der Waals surface area contributed by atoms with E-state index in [0.717, 1.165) is 33.2 Å². The summed E-state index contributed by atoms with van der Waals surface area (Å²) in [7, 11) is 0. The quantitative estimate of drug-likeness (QED) is 0.123. The van der Waals surface area contributed by atoms with Gasteiger partial charge in [0.15, 0.2) is 0 Å². The third kappa shape index (κ3) is 9.24. The van der Waals surface area contributed by atoms with Crippen LogP contribution in [-0.4, -0.2) is 20.9 Å². The number of aromatic nitrogens is 3. The number of fused-ring (bicyclic) bond motifs is 3. The van der Waals surface area contributed by atoms with Gasteiger partial charge in [0.2, 0.25) is 0 Å².